The molecule has 0 bridgehead atoms. The van der Waals surface area contributed by atoms with Gasteiger partial charge in [0, 0.05) is 0 Å². The second-order valence-corrected chi connectivity index (χ2v) is 14.8. The summed E-state index contributed by atoms with van der Waals surface area (Å²) in [5.74, 6) is 4.41. The van der Waals surface area contributed by atoms with Crippen molar-refractivity contribution >= 4 is 0 Å². The van der Waals surface area contributed by atoms with Gasteiger partial charge in [0.2, 0.25) is 0 Å². The van der Waals surface area contributed by atoms with Crippen molar-refractivity contribution in [1.29, 1.82) is 0 Å². The Balaban J connectivity index is 1.39. The van der Waals surface area contributed by atoms with Crippen molar-refractivity contribution in [2.75, 3.05) is 0 Å². The summed E-state index contributed by atoms with van der Waals surface area (Å²) in [6.45, 7) is 17.7. The number of fused-ring (bicyclic) bond motifs is 2. The molecule has 1 nitrogen and oxygen atoms in total. The predicted molar refractivity (Wildman–Crippen MR) is 131 cm³/mol. The molecule has 0 amide bonds. The van der Waals surface area contributed by atoms with E-state index < -0.39 is 0 Å². The van der Waals surface area contributed by atoms with Gasteiger partial charge in [-0.05, 0) is 114 Å². The lowest BCUT2D eigenvalue weighted by Gasteiger charge is -2.63. The molecule has 0 aromatic heterocycles. The minimum absolute atomic E-state index is 0.0793. The van der Waals surface area contributed by atoms with Crippen LogP contribution < -0.4 is 0 Å². The topological polar surface area (TPSA) is 20.2 Å². The Morgan fingerprint density at radius 1 is 0.742 bits per heavy atom. The first-order valence-corrected chi connectivity index (χ1v) is 14.1. The molecule has 178 valence electrons. The van der Waals surface area contributed by atoms with Crippen LogP contribution in [0.5, 0.6) is 0 Å². The first kappa shape index (κ1) is 22.7. The molecule has 5 fully saturated rings. The molecule has 5 rings (SSSR count). The average Bonchev–Trinajstić information content (AvgIpc) is 3.27. The van der Waals surface area contributed by atoms with Crippen LogP contribution in [0.3, 0.4) is 0 Å². The van der Waals surface area contributed by atoms with Crippen LogP contribution in [0.15, 0.2) is 0 Å². The van der Waals surface area contributed by atoms with Gasteiger partial charge in [0.25, 0.3) is 0 Å². The van der Waals surface area contributed by atoms with E-state index in [1.165, 1.54) is 70.6 Å². The monoisotopic (exact) mass is 428 g/mol. The number of rotatable bonds is 5. The van der Waals surface area contributed by atoms with E-state index >= 15 is 0 Å². The molecule has 5 saturated carbocycles. The first-order chi connectivity index (χ1) is 14.4. The third-order valence-corrected chi connectivity index (χ3v) is 13.3. The summed E-state index contributed by atoms with van der Waals surface area (Å²) in [6, 6.07) is 0. The number of aliphatic hydroxyl groups excluding tert-OH is 1. The molecule has 0 saturated heterocycles. The maximum atomic E-state index is 10.8. The van der Waals surface area contributed by atoms with E-state index in [9.17, 15) is 5.11 Å². The summed E-state index contributed by atoms with van der Waals surface area (Å²) in [7, 11) is 0. The Kier molecular flexibility index (Phi) is 5.13. The number of hydrogen-bond acceptors (Lipinski definition) is 1. The molecular weight excluding hydrogens is 376 g/mol. The van der Waals surface area contributed by atoms with Crippen molar-refractivity contribution in [3.8, 4) is 0 Å². The fourth-order valence-electron chi connectivity index (χ4n) is 11.3. The zero-order valence-corrected chi connectivity index (χ0v) is 21.9. The normalized spacial score (nSPS) is 53.3. The van der Waals surface area contributed by atoms with Gasteiger partial charge in [0.05, 0.1) is 6.10 Å². The van der Waals surface area contributed by atoms with Gasteiger partial charge >= 0.3 is 0 Å². The van der Waals surface area contributed by atoms with E-state index in [0.29, 0.717) is 21.7 Å². The summed E-state index contributed by atoms with van der Waals surface area (Å²) in [4.78, 5) is 0. The molecule has 0 aromatic carbocycles. The smallest absolute Gasteiger partial charge is 0.0594 e. The van der Waals surface area contributed by atoms with Crippen molar-refractivity contribution in [2.45, 2.75) is 132 Å². The van der Waals surface area contributed by atoms with Crippen LogP contribution in [0.1, 0.15) is 126 Å². The molecule has 0 heterocycles. The highest BCUT2D eigenvalue weighted by atomic mass is 16.3. The molecule has 1 heteroatoms. The molecule has 5 aliphatic carbocycles. The van der Waals surface area contributed by atoms with Crippen molar-refractivity contribution in [1.82, 2.24) is 0 Å². The van der Waals surface area contributed by atoms with Crippen molar-refractivity contribution in [3.63, 3.8) is 0 Å². The van der Waals surface area contributed by atoms with E-state index in [-0.39, 0.29) is 11.5 Å². The lowest BCUT2D eigenvalue weighted by atomic mass is 9.41. The van der Waals surface area contributed by atoms with Crippen molar-refractivity contribution < 1.29 is 5.11 Å². The molecule has 5 aliphatic rings. The van der Waals surface area contributed by atoms with E-state index in [1.54, 1.807) is 0 Å². The Morgan fingerprint density at radius 3 is 2.13 bits per heavy atom. The highest BCUT2D eigenvalue weighted by molar-refractivity contribution is 5.30. The highest BCUT2D eigenvalue weighted by Gasteiger charge is 2.82. The van der Waals surface area contributed by atoms with Crippen LogP contribution >= 0.6 is 0 Å². The quantitative estimate of drug-likeness (QED) is 0.467. The van der Waals surface area contributed by atoms with Gasteiger partial charge in [0.1, 0.15) is 0 Å². The van der Waals surface area contributed by atoms with Crippen LogP contribution in [0.4, 0.5) is 0 Å². The third kappa shape index (κ3) is 2.77. The average molecular weight is 429 g/mol. The van der Waals surface area contributed by atoms with Gasteiger partial charge < -0.3 is 5.11 Å². The first-order valence-electron chi connectivity index (χ1n) is 14.1. The fourth-order valence-corrected chi connectivity index (χ4v) is 11.3. The maximum absolute atomic E-state index is 10.8. The maximum Gasteiger partial charge on any atom is 0.0594 e. The largest absolute Gasteiger partial charge is 0.393 e. The molecule has 1 unspecified atom stereocenters. The van der Waals surface area contributed by atoms with Crippen LogP contribution in [0.25, 0.3) is 0 Å². The zero-order valence-electron chi connectivity index (χ0n) is 21.9. The minimum atomic E-state index is -0.0793. The molecule has 0 aromatic rings. The second-order valence-electron chi connectivity index (χ2n) is 14.8. The van der Waals surface area contributed by atoms with Crippen molar-refractivity contribution in [2.24, 2.45) is 56.7 Å². The molecule has 9 atom stereocenters. The summed E-state index contributed by atoms with van der Waals surface area (Å²) < 4.78 is 0. The SMILES string of the molecule is CC(C)CCC[C@@H](C)[C@H]1CC[C@@]2(C)[C@@H]3CC[C@@H]4C(C)(C)C(O)CC[C@@]45C[C@@]35CC[C@]12C. The summed E-state index contributed by atoms with van der Waals surface area (Å²) >= 11 is 0. The van der Waals surface area contributed by atoms with E-state index in [0.717, 1.165) is 36.0 Å². The zero-order chi connectivity index (χ0) is 22.4. The Morgan fingerprint density at radius 2 is 1.42 bits per heavy atom. The molecular formula is C30H52O. The standard InChI is InChI=1S/C30H52O/c1-20(2)9-8-10-21(3)22-13-15-28(7)24-12-11-23-26(4,5)25(31)14-16-29(23)19-30(24,29)18-17-27(22,28)6/h20-25,31H,8-19H2,1-7H3/t21-,22-,23-,24+,25?,27-,28+,29-,30+/m1/s1. The van der Waals surface area contributed by atoms with Gasteiger partial charge in [-0.15, -0.1) is 0 Å². The Bertz CT molecular complexity index is 709. The Hall–Kier alpha value is -0.0400. The fraction of sp³-hybridized carbons (Fsp3) is 1.00. The molecule has 2 spiro atoms. The van der Waals surface area contributed by atoms with E-state index in [1.807, 2.05) is 0 Å². The summed E-state index contributed by atoms with van der Waals surface area (Å²) in [5.41, 5.74) is 2.45. The van der Waals surface area contributed by atoms with Crippen molar-refractivity contribution in [3.05, 3.63) is 0 Å². The summed E-state index contributed by atoms with van der Waals surface area (Å²) in [6.07, 6.45) is 16.9. The van der Waals surface area contributed by atoms with Crippen LogP contribution in [-0.4, -0.2) is 11.2 Å². The second kappa shape index (κ2) is 6.99. The lowest BCUT2D eigenvalue weighted by molar-refractivity contribution is -0.161. The van der Waals surface area contributed by atoms with Crippen LogP contribution in [-0.2, 0) is 0 Å². The van der Waals surface area contributed by atoms with Gasteiger partial charge in [0.15, 0.2) is 0 Å². The van der Waals surface area contributed by atoms with Gasteiger partial charge in [-0.25, -0.2) is 0 Å². The molecule has 31 heavy (non-hydrogen) atoms. The van der Waals surface area contributed by atoms with Gasteiger partial charge in [-0.3, -0.25) is 0 Å². The molecule has 0 radical (unpaired) electrons. The number of hydrogen-bond donors (Lipinski definition) is 1. The van der Waals surface area contributed by atoms with Gasteiger partial charge in [-0.2, -0.15) is 0 Å². The van der Waals surface area contributed by atoms with Crippen LogP contribution in [0.2, 0.25) is 0 Å². The highest BCUT2D eigenvalue weighted by Crippen LogP contribution is 2.89. The van der Waals surface area contributed by atoms with Crippen LogP contribution in [0, 0.1) is 56.7 Å². The minimum Gasteiger partial charge on any atom is -0.393 e. The Labute approximate surface area is 193 Å². The molecule has 1 N–H and O–H groups in total. The summed E-state index contributed by atoms with van der Waals surface area (Å²) in [5, 5.41) is 10.8. The number of aliphatic hydroxyl groups is 1. The predicted octanol–water partition coefficient (Wildman–Crippen LogP) is 8.25. The lowest BCUT2D eigenvalue weighted by Crippen LogP contribution is -2.57. The van der Waals surface area contributed by atoms with E-state index in [2.05, 4.69) is 48.5 Å². The van der Waals surface area contributed by atoms with Gasteiger partial charge in [-0.1, -0.05) is 67.7 Å². The van der Waals surface area contributed by atoms with E-state index in [4.69, 9.17) is 0 Å². The molecule has 0 aliphatic heterocycles. The third-order valence-electron chi connectivity index (χ3n) is 13.3.